The maximum absolute atomic E-state index is 5.97. The Morgan fingerprint density at radius 1 is 1.21 bits per heavy atom. The van der Waals surface area contributed by atoms with E-state index in [4.69, 9.17) is 5.73 Å². The highest BCUT2D eigenvalue weighted by atomic mass is 15.0. The Balaban J connectivity index is 2.25. The molecule has 0 spiro atoms. The summed E-state index contributed by atoms with van der Waals surface area (Å²) < 4.78 is 0. The van der Waals surface area contributed by atoms with E-state index in [-0.39, 0.29) is 6.17 Å². The molecule has 0 aliphatic carbocycles. The lowest BCUT2D eigenvalue weighted by molar-refractivity contribution is 0.527. The molecule has 1 atom stereocenters. The van der Waals surface area contributed by atoms with Crippen LogP contribution in [0.1, 0.15) is 37.9 Å². The fourth-order valence-corrected chi connectivity index (χ4v) is 1.41. The number of hydrogen-bond donors (Lipinski definition) is 2. The first kappa shape index (κ1) is 11.2. The molecule has 1 aromatic carbocycles. The summed E-state index contributed by atoms with van der Waals surface area (Å²) in [5.74, 6) is 0. The van der Waals surface area contributed by atoms with Gasteiger partial charge in [-0.15, -0.1) is 0 Å². The van der Waals surface area contributed by atoms with Crippen LogP contribution < -0.4 is 11.1 Å². The molecule has 0 saturated heterocycles. The quantitative estimate of drug-likeness (QED) is 0.536. The van der Waals surface area contributed by atoms with Crippen LogP contribution in [0.3, 0.4) is 0 Å². The monoisotopic (exact) mass is 192 g/mol. The highest BCUT2D eigenvalue weighted by molar-refractivity contribution is 5.17. The number of rotatable bonds is 6. The standard InChI is InChI=1S/C12H20N2/c1-2-3-7-10-14-12(13)11-8-5-4-6-9-11/h4-6,8-9,12,14H,2-3,7,10,13H2,1H3. The Bertz CT molecular complexity index is 233. The van der Waals surface area contributed by atoms with Gasteiger partial charge >= 0.3 is 0 Å². The number of nitrogens with two attached hydrogens (primary N) is 1. The van der Waals surface area contributed by atoms with Gasteiger partial charge in [0.2, 0.25) is 0 Å². The molecule has 0 aliphatic rings. The summed E-state index contributed by atoms with van der Waals surface area (Å²) >= 11 is 0. The van der Waals surface area contributed by atoms with E-state index in [9.17, 15) is 0 Å². The minimum absolute atomic E-state index is 0.0203. The minimum Gasteiger partial charge on any atom is -0.312 e. The maximum Gasteiger partial charge on any atom is 0.0810 e. The number of benzene rings is 1. The SMILES string of the molecule is CCCCCNC(N)c1ccccc1. The van der Waals surface area contributed by atoms with Crippen LogP contribution in [0.2, 0.25) is 0 Å². The van der Waals surface area contributed by atoms with Crippen molar-refractivity contribution in [1.29, 1.82) is 0 Å². The summed E-state index contributed by atoms with van der Waals surface area (Å²) in [6.45, 7) is 3.21. The number of nitrogens with one attached hydrogen (secondary N) is 1. The molecule has 0 radical (unpaired) electrons. The molecular weight excluding hydrogens is 172 g/mol. The van der Waals surface area contributed by atoms with E-state index in [2.05, 4.69) is 24.4 Å². The van der Waals surface area contributed by atoms with Crippen LogP contribution in [0, 0.1) is 0 Å². The highest BCUT2D eigenvalue weighted by Crippen LogP contribution is 2.06. The summed E-state index contributed by atoms with van der Waals surface area (Å²) in [6, 6.07) is 10.1. The van der Waals surface area contributed by atoms with Gasteiger partial charge in [-0.2, -0.15) is 0 Å². The van der Waals surface area contributed by atoms with Gasteiger partial charge in [-0.1, -0.05) is 50.1 Å². The summed E-state index contributed by atoms with van der Waals surface area (Å²) in [4.78, 5) is 0. The Kier molecular flexibility index (Phi) is 5.27. The van der Waals surface area contributed by atoms with E-state index >= 15 is 0 Å². The lowest BCUT2D eigenvalue weighted by Crippen LogP contribution is -2.29. The fraction of sp³-hybridized carbons (Fsp3) is 0.500. The van der Waals surface area contributed by atoms with Crippen LogP contribution in [0.5, 0.6) is 0 Å². The second kappa shape index (κ2) is 6.57. The molecule has 0 bridgehead atoms. The molecule has 0 fully saturated rings. The van der Waals surface area contributed by atoms with Crippen molar-refractivity contribution >= 4 is 0 Å². The third kappa shape index (κ3) is 3.90. The fourth-order valence-electron chi connectivity index (χ4n) is 1.41. The van der Waals surface area contributed by atoms with E-state index in [1.165, 1.54) is 19.3 Å². The van der Waals surface area contributed by atoms with Crippen molar-refractivity contribution in [1.82, 2.24) is 5.32 Å². The van der Waals surface area contributed by atoms with Crippen molar-refractivity contribution in [3.8, 4) is 0 Å². The van der Waals surface area contributed by atoms with Gasteiger partial charge in [0.15, 0.2) is 0 Å². The average molecular weight is 192 g/mol. The lowest BCUT2D eigenvalue weighted by Gasteiger charge is -2.13. The minimum atomic E-state index is -0.0203. The third-order valence-electron chi connectivity index (χ3n) is 2.30. The molecule has 1 aromatic rings. The first-order valence-electron chi connectivity index (χ1n) is 5.38. The van der Waals surface area contributed by atoms with Crippen LogP contribution in [0.4, 0.5) is 0 Å². The molecule has 2 nitrogen and oxygen atoms in total. The van der Waals surface area contributed by atoms with E-state index in [0.717, 1.165) is 12.1 Å². The van der Waals surface area contributed by atoms with Gasteiger partial charge in [-0.25, -0.2) is 0 Å². The normalized spacial score (nSPS) is 12.7. The number of unbranched alkanes of at least 4 members (excludes halogenated alkanes) is 2. The van der Waals surface area contributed by atoms with Crippen molar-refractivity contribution < 1.29 is 0 Å². The molecule has 1 rings (SSSR count). The molecule has 2 heteroatoms. The molecule has 0 amide bonds. The van der Waals surface area contributed by atoms with Gasteiger partial charge in [-0.3, -0.25) is 5.32 Å². The van der Waals surface area contributed by atoms with E-state index in [0.29, 0.717) is 0 Å². The smallest absolute Gasteiger partial charge is 0.0810 e. The Morgan fingerprint density at radius 2 is 1.93 bits per heavy atom. The predicted molar refractivity (Wildman–Crippen MR) is 60.9 cm³/mol. The summed E-state index contributed by atoms with van der Waals surface area (Å²) in [5.41, 5.74) is 7.12. The van der Waals surface area contributed by atoms with E-state index in [1.807, 2.05) is 18.2 Å². The van der Waals surface area contributed by atoms with Gasteiger partial charge in [0, 0.05) is 0 Å². The molecule has 14 heavy (non-hydrogen) atoms. The molecule has 1 unspecified atom stereocenters. The Morgan fingerprint density at radius 3 is 2.57 bits per heavy atom. The Labute approximate surface area is 86.5 Å². The second-order valence-corrected chi connectivity index (χ2v) is 3.55. The lowest BCUT2D eigenvalue weighted by atomic mass is 10.2. The zero-order chi connectivity index (χ0) is 10.2. The van der Waals surface area contributed by atoms with Crippen LogP contribution >= 0.6 is 0 Å². The van der Waals surface area contributed by atoms with Crippen molar-refractivity contribution in [2.75, 3.05) is 6.54 Å². The zero-order valence-electron chi connectivity index (χ0n) is 8.87. The van der Waals surface area contributed by atoms with E-state index in [1.54, 1.807) is 0 Å². The van der Waals surface area contributed by atoms with Gasteiger partial charge in [0.05, 0.1) is 6.17 Å². The molecular formula is C12H20N2. The molecule has 0 aliphatic heterocycles. The van der Waals surface area contributed by atoms with Crippen molar-refractivity contribution in [2.45, 2.75) is 32.4 Å². The molecule has 0 aromatic heterocycles. The van der Waals surface area contributed by atoms with Gasteiger partial charge < -0.3 is 5.73 Å². The molecule has 0 saturated carbocycles. The molecule has 78 valence electrons. The van der Waals surface area contributed by atoms with Crippen LogP contribution in [0.25, 0.3) is 0 Å². The first-order chi connectivity index (χ1) is 6.84. The zero-order valence-corrected chi connectivity index (χ0v) is 8.87. The highest BCUT2D eigenvalue weighted by Gasteiger charge is 2.02. The predicted octanol–water partition coefficient (Wildman–Crippen LogP) is 2.42. The van der Waals surface area contributed by atoms with Gasteiger partial charge in [-0.05, 0) is 18.5 Å². The number of hydrogen-bond acceptors (Lipinski definition) is 2. The van der Waals surface area contributed by atoms with Crippen LogP contribution in [-0.2, 0) is 0 Å². The Hall–Kier alpha value is -0.860. The maximum atomic E-state index is 5.97. The summed E-state index contributed by atoms with van der Waals surface area (Å²) in [7, 11) is 0. The average Bonchev–Trinajstić information content (AvgIpc) is 2.25. The second-order valence-electron chi connectivity index (χ2n) is 3.55. The molecule has 3 N–H and O–H groups in total. The molecule has 0 heterocycles. The summed E-state index contributed by atoms with van der Waals surface area (Å²) in [6.07, 6.45) is 3.71. The summed E-state index contributed by atoms with van der Waals surface area (Å²) in [5, 5.41) is 3.31. The van der Waals surface area contributed by atoms with Gasteiger partial charge in [0.25, 0.3) is 0 Å². The third-order valence-corrected chi connectivity index (χ3v) is 2.30. The van der Waals surface area contributed by atoms with Crippen molar-refractivity contribution in [2.24, 2.45) is 5.73 Å². The van der Waals surface area contributed by atoms with Crippen LogP contribution in [0.15, 0.2) is 30.3 Å². The first-order valence-corrected chi connectivity index (χ1v) is 5.38. The largest absolute Gasteiger partial charge is 0.312 e. The van der Waals surface area contributed by atoms with Crippen LogP contribution in [-0.4, -0.2) is 6.54 Å². The van der Waals surface area contributed by atoms with Gasteiger partial charge in [0.1, 0.15) is 0 Å². The van der Waals surface area contributed by atoms with Crippen molar-refractivity contribution in [3.05, 3.63) is 35.9 Å². The van der Waals surface area contributed by atoms with E-state index < -0.39 is 0 Å². The van der Waals surface area contributed by atoms with Crippen molar-refractivity contribution in [3.63, 3.8) is 0 Å². The topological polar surface area (TPSA) is 38.0 Å².